The van der Waals surface area contributed by atoms with Crippen LogP contribution >= 0.6 is 11.3 Å². The molecule has 0 radical (unpaired) electrons. The summed E-state index contributed by atoms with van der Waals surface area (Å²) in [6.07, 6.45) is 6.27. The number of rotatable bonds is 3. The van der Waals surface area contributed by atoms with Gasteiger partial charge in [0.25, 0.3) is 0 Å². The molecule has 108 valence electrons. The molecule has 1 aromatic heterocycles. The fraction of sp³-hybridized carbons (Fsp3) is 0.812. The summed E-state index contributed by atoms with van der Waals surface area (Å²) < 4.78 is 0. The van der Waals surface area contributed by atoms with Crippen molar-refractivity contribution in [2.45, 2.75) is 59.8 Å². The van der Waals surface area contributed by atoms with Gasteiger partial charge in [-0.25, -0.2) is 4.98 Å². The van der Waals surface area contributed by atoms with Gasteiger partial charge in [-0.05, 0) is 55.9 Å². The number of hydrogen-bond acceptors (Lipinski definition) is 3. The molecule has 3 heteroatoms. The Morgan fingerprint density at radius 1 is 1.37 bits per heavy atom. The van der Waals surface area contributed by atoms with E-state index in [0.717, 1.165) is 24.6 Å². The van der Waals surface area contributed by atoms with Crippen LogP contribution in [0.15, 0.2) is 5.38 Å². The number of nitrogens with zero attached hydrogens (tertiary/aromatic N) is 1. The lowest BCUT2D eigenvalue weighted by Crippen LogP contribution is -2.39. The van der Waals surface area contributed by atoms with Gasteiger partial charge in [0.05, 0.1) is 5.01 Å². The molecule has 1 heterocycles. The summed E-state index contributed by atoms with van der Waals surface area (Å²) >= 11 is 1.80. The number of thiazole rings is 1. The molecular weight excluding hydrogens is 252 g/mol. The highest BCUT2D eigenvalue weighted by molar-refractivity contribution is 7.09. The first-order chi connectivity index (χ1) is 8.85. The Labute approximate surface area is 121 Å². The van der Waals surface area contributed by atoms with Gasteiger partial charge in [0, 0.05) is 17.5 Å². The molecule has 0 amide bonds. The highest BCUT2D eigenvalue weighted by Crippen LogP contribution is 2.46. The van der Waals surface area contributed by atoms with Crippen LogP contribution in [0.4, 0.5) is 0 Å². The Balaban J connectivity index is 2.02. The summed E-state index contributed by atoms with van der Waals surface area (Å²) in [7, 11) is 0. The third-order valence-electron chi connectivity index (χ3n) is 4.90. The smallest absolute Gasteiger partial charge is 0.0934 e. The van der Waals surface area contributed by atoms with E-state index in [2.05, 4.69) is 38.1 Å². The Hall–Kier alpha value is -0.410. The average molecular weight is 280 g/mol. The predicted octanol–water partition coefficient (Wildman–Crippen LogP) is 4.18. The van der Waals surface area contributed by atoms with Gasteiger partial charge in [0.1, 0.15) is 0 Å². The molecule has 2 rings (SSSR count). The highest BCUT2D eigenvalue weighted by Gasteiger charge is 2.38. The van der Waals surface area contributed by atoms with Gasteiger partial charge in [-0.15, -0.1) is 11.3 Å². The topological polar surface area (TPSA) is 38.9 Å². The zero-order valence-corrected chi connectivity index (χ0v) is 13.6. The lowest BCUT2D eigenvalue weighted by Gasteiger charge is -2.43. The molecule has 0 aromatic carbocycles. The SMILES string of the molecule is Cc1csc(CC2(CN)CCC(C(C)(C)C)CC2)n1. The maximum Gasteiger partial charge on any atom is 0.0934 e. The number of aromatic nitrogens is 1. The van der Waals surface area contributed by atoms with Crippen LogP contribution in [-0.4, -0.2) is 11.5 Å². The molecule has 0 atom stereocenters. The van der Waals surface area contributed by atoms with E-state index in [1.54, 1.807) is 11.3 Å². The van der Waals surface area contributed by atoms with E-state index in [4.69, 9.17) is 5.73 Å². The van der Waals surface area contributed by atoms with Crippen LogP contribution in [0.2, 0.25) is 0 Å². The van der Waals surface area contributed by atoms with Crippen LogP contribution in [0.25, 0.3) is 0 Å². The Bertz CT molecular complexity index is 409. The first kappa shape index (κ1) is 15.0. The van der Waals surface area contributed by atoms with Crippen molar-refractivity contribution in [1.82, 2.24) is 4.98 Å². The summed E-state index contributed by atoms with van der Waals surface area (Å²) in [5.41, 5.74) is 8.03. The number of nitrogens with two attached hydrogens (primary N) is 1. The summed E-state index contributed by atoms with van der Waals surface area (Å²) in [6, 6.07) is 0. The summed E-state index contributed by atoms with van der Waals surface area (Å²) in [6.45, 7) is 10.0. The van der Waals surface area contributed by atoms with Gasteiger partial charge >= 0.3 is 0 Å². The van der Waals surface area contributed by atoms with E-state index in [1.807, 2.05) is 0 Å². The minimum Gasteiger partial charge on any atom is -0.330 e. The highest BCUT2D eigenvalue weighted by atomic mass is 32.1. The number of aryl methyl sites for hydroxylation is 1. The van der Waals surface area contributed by atoms with E-state index in [1.165, 1.54) is 30.7 Å². The zero-order valence-electron chi connectivity index (χ0n) is 12.8. The number of hydrogen-bond donors (Lipinski definition) is 1. The van der Waals surface area contributed by atoms with Gasteiger partial charge in [0.15, 0.2) is 0 Å². The Morgan fingerprint density at radius 2 is 2.00 bits per heavy atom. The molecule has 0 bridgehead atoms. The van der Waals surface area contributed by atoms with Crippen molar-refractivity contribution in [2.75, 3.05) is 6.54 Å². The van der Waals surface area contributed by atoms with Crippen molar-refractivity contribution in [3.8, 4) is 0 Å². The molecule has 0 aliphatic heterocycles. The minimum absolute atomic E-state index is 0.312. The van der Waals surface area contributed by atoms with Crippen LogP contribution < -0.4 is 5.73 Å². The van der Waals surface area contributed by atoms with Crippen molar-refractivity contribution >= 4 is 11.3 Å². The van der Waals surface area contributed by atoms with Gasteiger partial charge in [-0.1, -0.05) is 20.8 Å². The predicted molar refractivity (Wildman–Crippen MR) is 83.5 cm³/mol. The molecule has 0 unspecified atom stereocenters. The normalized spacial score (nSPS) is 28.6. The minimum atomic E-state index is 0.312. The summed E-state index contributed by atoms with van der Waals surface area (Å²) in [4.78, 5) is 4.63. The van der Waals surface area contributed by atoms with Crippen LogP contribution in [-0.2, 0) is 6.42 Å². The zero-order chi connectivity index (χ0) is 14.1. The third-order valence-corrected chi connectivity index (χ3v) is 5.86. The fourth-order valence-corrected chi connectivity index (χ4v) is 4.30. The molecule has 1 aliphatic rings. The van der Waals surface area contributed by atoms with E-state index in [0.29, 0.717) is 10.8 Å². The monoisotopic (exact) mass is 280 g/mol. The van der Waals surface area contributed by atoms with Crippen LogP contribution in [0, 0.1) is 23.7 Å². The molecular formula is C16H28N2S. The molecule has 1 aromatic rings. The maximum atomic E-state index is 6.12. The van der Waals surface area contributed by atoms with Gasteiger partial charge in [-0.2, -0.15) is 0 Å². The molecule has 1 saturated carbocycles. The van der Waals surface area contributed by atoms with Crippen LogP contribution in [0.5, 0.6) is 0 Å². The molecule has 2 N–H and O–H groups in total. The summed E-state index contributed by atoms with van der Waals surface area (Å²) in [5.74, 6) is 0.852. The van der Waals surface area contributed by atoms with E-state index in [-0.39, 0.29) is 0 Å². The summed E-state index contributed by atoms with van der Waals surface area (Å²) in [5, 5.41) is 3.43. The van der Waals surface area contributed by atoms with E-state index < -0.39 is 0 Å². The average Bonchev–Trinajstić information content (AvgIpc) is 2.74. The van der Waals surface area contributed by atoms with E-state index in [9.17, 15) is 0 Å². The van der Waals surface area contributed by atoms with Gasteiger partial charge < -0.3 is 5.73 Å². The van der Waals surface area contributed by atoms with Crippen molar-refractivity contribution in [3.63, 3.8) is 0 Å². The molecule has 2 nitrogen and oxygen atoms in total. The van der Waals surface area contributed by atoms with Gasteiger partial charge in [-0.3, -0.25) is 0 Å². The lowest BCUT2D eigenvalue weighted by molar-refractivity contribution is 0.0926. The maximum absolute atomic E-state index is 6.12. The Kier molecular flexibility index (Phi) is 4.36. The fourth-order valence-electron chi connectivity index (χ4n) is 3.35. The third kappa shape index (κ3) is 3.57. The molecule has 0 saturated heterocycles. The second-order valence-electron chi connectivity index (χ2n) is 7.40. The second-order valence-corrected chi connectivity index (χ2v) is 8.35. The molecule has 19 heavy (non-hydrogen) atoms. The molecule has 0 spiro atoms. The largest absolute Gasteiger partial charge is 0.330 e. The lowest BCUT2D eigenvalue weighted by atomic mass is 9.63. The van der Waals surface area contributed by atoms with E-state index >= 15 is 0 Å². The molecule has 1 fully saturated rings. The standard InChI is InChI=1S/C16H28N2S/c1-12-10-19-14(18-12)9-16(11-17)7-5-13(6-8-16)15(2,3)4/h10,13H,5-9,11,17H2,1-4H3. The molecule has 1 aliphatic carbocycles. The first-order valence-electron chi connectivity index (χ1n) is 7.46. The van der Waals surface area contributed by atoms with Crippen molar-refractivity contribution in [2.24, 2.45) is 22.5 Å². The van der Waals surface area contributed by atoms with Crippen LogP contribution in [0.1, 0.15) is 57.2 Å². The Morgan fingerprint density at radius 3 is 2.42 bits per heavy atom. The van der Waals surface area contributed by atoms with Crippen LogP contribution in [0.3, 0.4) is 0 Å². The second kappa shape index (κ2) is 5.53. The van der Waals surface area contributed by atoms with Crippen molar-refractivity contribution in [3.05, 3.63) is 16.1 Å². The first-order valence-corrected chi connectivity index (χ1v) is 8.34. The van der Waals surface area contributed by atoms with Crippen molar-refractivity contribution < 1.29 is 0 Å². The van der Waals surface area contributed by atoms with Gasteiger partial charge in [0.2, 0.25) is 0 Å². The quantitative estimate of drug-likeness (QED) is 0.902. The van der Waals surface area contributed by atoms with Crippen molar-refractivity contribution in [1.29, 1.82) is 0 Å².